The van der Waals surface area contributed by atoms with Gasteiger partial charge >= 0.3 is 0 Å². The maximum absolute atomic E-state index is 4.30. The van der Waals surface area contributed by atoms with E-state index in [0.29, 0.717) is 5.92 Å². The molecule has 1 fully saturated rings. The minimum absolute atomic E-state index is 0.466. The van der Waals surface area contributed by atoms with Gasteiger partial charge in [-0.15, -0.1) is 5.10 Å². The topological polar surface area (TPSA) is 29.0 Å². The van der Waals surface area contributed by atoms with Crippen molar-refractivity contribution in [3.63, 3.8) is 0 Å². The van der Waals surface area contributed by atoms with Crippen LogP contribution >= 0.6 is 0 Å². The van der Waals surface area contributed by atoms with Gasteiger partial charge in [0, 0.05) is 13.1 Å². The van der Waals surface area contributed by atoms with E-state index in [-0.39, 0.29) is 0 Å². The van der Waals surface area contributed by atoms with Gasteiger partial charge in [-0.25, -0.2) is 0 Å². The average Bonchev–Trinajstić information content (AvgIpc) is 2.30. The Morgan fingerprint density at radius 3 is 2.33 bits per heavy atom. The highest BCUT2D eigenvalue weighted by Crippen LogP contribution is 2.18. The summed E-state index contributed by atoms with van der Waals surface area (Å²) in [7, 11) is 0. The maximum Gasteiger partial charge on any atom is 0.151 e. The summed E-state index contributed by atoms with van der Waals surface area (Å²) in [5.74, 6) is 1.51. The molecule has 2 rings (SSSR count). The van der Waals surface area contributed by atoms with Crippen LogP contribution in [0.4, 0.5) is 5.82 Å². The lowest BCUT2D eigenvalue weighted by atomic mass is 10.1. The van der Waals surface area contributed by atoms with Crippen molar-refractivity contribution < 1.29 is 0 Å². The molecular formula is C12H19N3. The Hall–Kier alpha value is -1.12. The van der Waals surface area contributed by atoms with Gasteiger partial charge in [-0.2, -0.15) is 5.10 Å². The van der Waals surface area contributed by atoms with Crippen molar-refractivity contribution in [2.75, 3.05) is 18.0 Å². The van der Waals surface area contributed by atoms with E-state index in [0.717, 1.165) is 24.6 Å². The van der Waals surface area contributed by atoms with Gasteiger partial charge in [-0.3, -0.25) is 0 Å². The summed E-state index contributed by atoms with van der Waals surface area (Å²) in [6.45, 7) is 6.56. The summed E-state index contributed by atoms with van der Waals surface area (Å²) < 4.78 is 0. The maximum atomic E-state index is 4.30. The van der Waals surface area contributed by atoms with Crippen LogP contribution in [0.2, 0.25) is 0 Å². The molecule has 0 N–H and O–H groups in total. The Balaban J connectivity index is 2.08. The fourth-order valence-electron chi connectivity index (χ4n) is 1.94. The van der Waals surface area contributed by atoms with Gasteiger partial charge in [0.05, 0.1) is 5.69 Å². The van der Waals surface area contributed by atoms with Gasteiger partial charge in [0.2, 0.25) is 0 Å². The van der Waals surface area contributed by atoms with Crippen LogP contribution in [0.15, 0.2) is 12.1 Å². The molecular weight excluding hydrogens is 186 g/mol. The minimum Gasteiger partial charge on any atom is -0.355 e. The normalized spacial score (nSPS) is 17.1. The first-order valence-corrected chi connectivity index (χ1v) is 5.86. The quantitative estimate of drug-likeness (QED) is 0.743. The van der Waals surface area contributed by atoms with Gasteiger partial charge in [0.15, 0.2) is 5.82 Å². The lowest BCUT2D eigenvalue weighted by molar-refractivity contribution is 0.570. The van der Waals surface area contributed by atoms with E-state index in [9.17, 15) is 0 Å². The zero-order valence-corrected chi connectivity index (χ0v) is 9.61. The van der Waals surface area contributed by atoms with Crippen molar-refractivity contribution in [3.05, 3.63) is 17.8 Å². The van der Waals surface area contributed by atoms with Crippen molar-refractivity contribution in [2.45, 2.75) is 39.0 Å². The summed E-state index contributed by atoms with van der Waals surface area (Å²) in [6, 6.07) is 4.20. The highest BCUT2D eigenvalue weighted by atomic mass is 15.3. The van der Waals surface area contributed by atoms with Gasteiger partial charge < -0.3 is 4.90 Å². The fraction of sp³-hybridized carbons (Fsp3) is 0.667. The van der Waals surface area contributed by atoms with E-state index in [1.807, 2.05) is 0 Å². The van der Waals surface area contributed by atoms with Gasteiger partial charge in [-0.1, -0.05) is 13.8 Å². The number of aromatic nitrogens is 2. The highest BCUT2D eigenvalue weighted by Gasteiger charge is 2.12. The second-order valence-electron chi connectivity index (χ2n) is 4.52. The van der Waals surface area contributed by atoms with E-state index < -0.39 is 0 Å². The van der Waals surface area contributed by atoms with Crippen LogP contribution in [0.25, 0.3) is 0 Å². The molecule has 1 aliphatic heterocycles. The third kappa shape index (κ3) is 2.46. The standard InChI is InChI=1S/C12H19N3/c1-10(2)11-6-7-12(14-13-11)15-8-4-3-5-9-15/h6-7,10H,3-5,8-9H2,1-2H3. The molecule has 0 bridgehead atoms. The number of anilines is 1. The monoisotopic (exact) mass is 205 g/mol. The number of rotatable bonds is 2. The molecule has 1 aromatic heterocycles. The molecule has 1 aromatic rings. The molecule has 1 saturated heterocycles. The number of piperidine rings is 1. The third-order valence-corrected chi connectivity index (χ3v) is 2.94. The average molecular weight is 205 g/mol. The molecule has 0 amide bonds. The molecule has 0 unspecified atom stereocenters. The summed E-state index contributed by atoms with van der Waals surface area (Å²) in [5.41, 5.74) is 1.08. The van der Waals surface area contributed by atoms with E-state index in [1.54, 1.807) is 0 Å². The molecule has 1 aliphatic rings. The summed E-state index contributed by atoms with van der Waals surface area (Å²) in [6.07, 6.45) is 3.93. The fourth-order valence-corrected chi connectivity index (χ4v) is 1.94. The predicted molar refractivity (Wildman–Crippen MR) is 62.2 cm³/mol. The molecule has 0 spiro atoms. The Bertz CT molecular complexity index is 299. The van der Waals surface area contributed by atoms with Gasteiger partial charge in [0.1, 0.15) is 0 Å². The second-order valence-corrected chi connectivity index (χ2v) is 4.52. The Labute approximate surface area is 91.5 Å². The number of hydrogen-bond acceptors (Lipinski definition) is 3. The molecule has 0 saturated carbocycles. The van der Waals surface area contributed by atoms with Crippen molar-refractivity contribution in [1.82, 2.24) is 10.2 Å². The van der Waals surface area contributed by atoms with E-state index in [1.165, 1.54) is 19.3 Å². The third-order valence-electron chi connectivity index (χ3n) is 2.94. The van der Waals surface area contributed by atoms with Crippen LogP contribution in [-0.2, 0) is 0 Å². The van der Waals surface area contributed by atoms with Crippen LogP contribution in [0.5, 0.6) is 0 Å². The lowest BCUT2D eigenvalue weighted by Crippen LogP contribution is -2.30. The van der Waals surface area contributed by atoms with Crippen LogP contribution in [0.3, 0.4) is 0 Å². The largest absolute Gasteiger partial charge is 0.355 e. The molecule has 15 heavy (non-hydrogen) atoms. The predicted octanol–water partition coefficient (Wildman–Crippen LogP) is 2.59. The van der Waals surface area contributed by atoms with Crippen molar-refractivity contribution >= 4 is 5.82 Å². The van der Waals surface area contributed by atoms with E-state index in [2.05, 4.69) is 41.1 Å². The highest BCUT2D eigenvalue weighted by molar-refractivity contribution is 5.37. The van der Waals surface area contributed by atoms with Crippen molar-refractivity contribution in [1.29, 1.82) is 0 Å². The zero-order valence-electron chi connectivity index (χ0n) is 9.61. The second kappa shape index (κ2) is 4.60. The molecule has 0 atom stereocenters. The van der Waals surface area contributed by atoms with Crippen molar-refractivity contribution in [3.8, 4) is 0 Å². The van der Waals surface area contributed by atoms with Crippen LogP contribution in [0.1, 0.15) is 44.7 Å². The molecule has 2 heterocycles. The van der Waals surface area contributed by atoms with Crippen LogP contribution in [-0.4, -0.2) is 23.3 Å². The summed E-state index contributed by atoms with van der Waals surface area (Å²) >= 11 is 0. The first kappa shape index (κ1) is 10.4. The van der Waals surface area contributed by atoms with E-state index in [4.69, 9.17) is 0 Å². The smallest absolute Gasteiger partial charge is 0.151 e. The molecule has 82 valence electrons. The number of hydrogen-bond donors (Lipinski definition) is 0. The number of nitrogens with zero attached hydrogens (tertiary/aromatic N) is 3. The van der Waals surface area contributed by atoms with E-state index >= 15 is 0 Å². The Kier molecular flexibility index (Phi) is 3.19. The molecule has 0 radical (unpaired) electrons. The lowest BCUT2D eigenvalue weighted by Gasteiger charge is -2.27. The van der Waals surface area contributed by atoms with Crippen LogP contribution in [0, 0.1) is 0 Å². The SMILES string of the molecule is CC(C)c1ccc(N2CCCCC2)nn1. The van der Waals surface area contributed by atoms with Crippen molar-refractivity contribution in [2.24, 2.45) is 0 Å². The molecule has 3 heteroatoms. The first-order chi connectivity index (χ1) is 7.27. The van der Waals surface area contributed by atoms with Gasteiger partial charge in [0.25, 0.3) is 0 Å². The minimum atomic E-state index is 0.466. The first-order valence-electron chi connectivity index (χ1n) is 5.86. The molecule has 0 aromatic carbocycles. The van der Waals surface area contributed by atoms with Crippen LogP contribution < -0.4 is 4.90 Å². The summed E-state index contributed by atoms with van der Waals surface area (Å²) in [4.78, 5) is 2.33. The zero-order chi connectivity index (χ0) is 10.7. The molecule has 0 aliphatic carbocycles. The molecule has 3 nitrogen and oxygen atoms in total. The van der Waals surface area contributed by atoms with Gasteiger partial charge in [-0.05, 0) is 37.3 Å². The summed E-state index contributed by atoms with van der Waals surface area (Å²) in [5, 5.41) is 8.56. The Morgan fingerprint density at radius 2 is 1.80 bits per heavy atom. The Morgan fingerprint density at radius 1 is 1.07 bits per heavy atom.